The highest BCUT2D eigenvalue weighted by Crippen LogP contribution is 2.09. The Morgan fingerprint density at radius 1 is 1.50 bits per heavy atom. The van der Waals surface area contributed by atoms with Crippen molar-refractivity contribution in [3.8, 4) is 0 Å². The smallest absolute Gasteiger partial charge is 0.248 e. The molecule has 4 nitrogen and oxygen atoms in total. The van der Waals surface area contributed by atoms with Gasteiger partial charge in [0.15, 0.2) is 0 Å². The Morgan fingerprint density at radius 2 is 2.25 bits per heavy atom. The van der Waals surface area contributed by atoms with E-state index in [1.165, 1.54) is 12.1 Å². The molecule has 0 radical (unpaired) electrons. The molecular formula is C11H15FN2O2. The number of aliphatic hydroxyl groups is 1. The van der Waals surface area contributed by atoms with Gasteiger partial charge in [0.2, 0.25) is 5.91 Å². The first-order valence-corrected chi connectivity index (χ1v) is 5.05. The number of nitrogens with one attached hydrogen (secondary N) is 1. The normalized spacial score (nSPS) is 10.4. The summed E-state index contributed by atoms with van der Waals surface area (Å²) >= 11 is 0. The number of hydrogen-bond acceptors (Lipinski definition) is 3. The molecule has 0 spiro atoms. The predicted octanol–water partition coefficient (Wildman–Crippen LogP) is 0.397. The van der Waals surface area contributed by atoms with Crippen LogP contribution in [0.25, 0.3) is 0 Å². The molecule has 0 aliphatic rings. The summed E-state index contributed by atoms with van der Waals surface area (Å²) in [6, 6.07) is 4.15. The molecule has 0 aliphatic heterocycles. The standard InChI is InChI=1S/C11H15FN2O2/c12-10-6-8(11(13)16)2-3-9(10)7-14-4-1-5-15/h2-3,6,14-15H,1,4-5,7H2,(H2,13,16). The Kier molecular flexibility index (Phi) is 4.88. The molecule has 0 aromatic heterocycles. The van der Waals surface area contributed by atoms with Crippen molar-refractivity contribution in [2.75, 3.05) is 13.2 Å². The van der Waals surface area contributed by atoms with Crippen molar-refractivity contribution in [1.29, 1.82) is 0 Å². The monoisotopic (exact) mass is 226 g/mol. The van der Waals surface area contributed by atoms with Gasteiger partial charge in [-0.25, -0.2) is 4.39 Å². The van der Waals surface area contributed by atoms with Crippen molar-refractivity contribution < 1.29 is 14.3 Å². The highest BCUT2D eigenvalue weighted by atomic mass is 19.1. The Hall–Kier alpha value is -1.46. The second-order valence-electron chi connectivity index (χ2n) is 3.42. The summed E-state index contributed by atoms with van der Waals surface area (Å²) in [6.45, 7) is 1.09. The molecule has 1 amide bonds. The van der Waals surface area contributed by atoms with Crippen molar-refractivity contribution in [2.24, 2.45) is 5.73 Å². The lowest BCUT2D eigenvalue weighted by molar-refractivity contribution is 0.1000. The van der Waals surface area contributed by atoms with E-state index in [1.807, 2.05) is 0 Å². The molecule has 16 heavy (non-hydrogen) atoms. The lowest BCUT2D eigenvalue weighted by atomic mass is 10.1. The van der Waals surface area contributed by atoms with Crippen LogP contribution in [0.3, 0.4) is 0 Å². The summed E-state index contributed by atoms with van der Waals surface area (Å²) < 4.78 is 13.4. The number of carbonyl (C=O) groups is 1. The van der Waals surface area contributed by atoms with Crippen LogP contribution in [0.4, 0.5) is 4.39 Å². The minimum atomic E-state index is -0.640. The van der Waals surface area contributed by atoms with Gasteiger partial charge in [0.05, 0.1) is 0 Å². The van der Waals surface area contributed by atoms with Crippen LogP contribution >= 0.6 is 0 Å². The fraction of sp³-hybridized carbons (Fsp3) is 0.364. The molecule has 0 fully saturated rings. The molecule has 88 valence electrons. The van der Waals surface area contributed by atoms with Gasteiger partial charge in [-0.3, -0.25) is 4.79 Å². The lowest BCUT2D eigenvalue weighted by Gasteiger charge is -2.06. The van der Waals surface area contributed by atoms with Gasteiger partial charge in [-0.1, -0.05) is 6.07 Å². The summed E-state index contributed by atoms with van der Waals surface area (Å²) in [5.74, 6) is -1.09. The number of rotatable bonds is 6. The molecule has 0 saturated carbocycles. The third-order valence-electron chi connectivity index (χ3n) is 2.16. The van der Waals surface area contributed by atoms with Crippen molar-refractivity contribution in [3.05, 3.63) is 35.1 Å². The van der Waals surface area contributed by atoms with Gasteiger partial charge in [0.25, 0.3) is 0 Å². The predicted molar refractivity (Wildman–Crippen MR) is 58.3 cm³/mol. The van der Waals surface area contributed by atoms with E-state index < -0.39 is 11.7 Å². The van der Waals surface area contributed by atoms with Crippen LogP contribution in [0.5, 0.6) is 0 Å². The van der Waals surface area contributed by atoms with E-state index in [0.29, 0.717) is 25.1 Å². The van der Waals surface area contributed by atoms with E-state index in [9.17, 15) is 9.18 Å². The first-order valence-electron chi connectivity index (χ1n) is 5.05. The zero-order chi connectivity index (χ0) is 12.0. The number of benzene rings is 1. The van der Waals surface area contributed by atoms with Gasteiger partial charge >= 0.3 is 0 Å². The summed E-state index contributed by atoms with van der Waals surface area (Å²) in [4.78, 5) is 10.8. The molecule has 4 N–H and O–H groups in total. The van der Waals surface area contributed by atoms with E-state index in [0.717, 1.165) is 6.07 Å². The van der Waals surface area contributed by atoms with Crippen LogP contribution in [0.1, 0.15) is 22.3 Å². The molecule has 1 aromatic rings. The average Bonchev–Trinajstić information content (AvgIpc) is 2.26. The summed E-state index contributed by atoms with van der Waals surface area (Å²) in [5.41, 5.74) is 5.66. The number of aliphatic hydroxyl groups excluding tert-OH is 1. The maximum Gasteiger partial charge on any atom is 0.248 e. The van der Waals surface area contributed by atoms with Gasteiger partial charge in [-0.2, -0.15) is 0 Å². The van der Waals surface area contributed by atoms with E-state index >= 15 is 0 Å². The number of carbonyl (C=O) groups excluding carboxylic acids is 1. The van der Waals surface area contributed by atoms with Gasteiger partial charge in [-0.05, 0) is 25.1 Å². The molecule has 0 heterocycles. The average molecular weight is 226 g/mol. The Balaban J connectivity index is 2.57. The van der Waals surface area contributed by atoms with E-state index in [-0.39, 0.29) is 12.2 Å². The summed E-state index contributed by atoms with van der Waals surface area (Å²) in [7, 11) is 0. The van der Waals surface area contributed by atoms with Crippen LogP contribution in [0.15, 0.2) is 18.2 Å². The van der Waals surface area contributed by atoms with Gasteiger partial charge in [0.1, 0.15) is 5.82 Å². The van der Waals surface area contributed by atoms with Gasteiger partial charge in [-0.15, -0.1) is 0 Å². The third kappa shape index (κ3) is 3.60. The van der Waals surface area contributed by atoms with Gasteiger partial charge in [0, 0.05) is 24.3 Å². The first kappa shape index (κ1) is 12.6. The number of halogens is 1. The second kappa shape index (κ2) is 6.19. The molecule has 0 saturated heterocycles. The topological polar surface area (TPSA) is 75.4 Å². The van der Waals surface area contributed by atoms with Crippen LogP contribution in [-0.4, -0.2) is 24.2 Å². The van der Waals surface area contributed by atoms with Crippen LogP contribution in [0.2, 0.25) is 0 Å². The molecule has 1 rings (SSSR count). The SMILES string of the molecule is NC(=O)c1ccc(CNCCCO)c(F)c1. The molecule has 5 heteroatoms. The quantitative estimate of drug-likeness (QED) is 0.614. The largest absolute Gasteiger partial charge is 0.396 e. The summed E-state index contributed by atoms with van der Waals surface area (Å²) in [6.07, 6.45) is 0.626. The van der Waals surface area contributed by atoms with Crippen molar-refractivity contribution in [1.82, 2.24) is 5.32 Å². The highest BCUT2D eigenvalue weighted by Gasteiger charge is 2.06. The minimum absolute atomic E-state index is 0.107. The molecule has 1 aromatic carbocycles. The zero-order valence-corrected chi connectivity index (χ0v) is 8.87. The second-order valence-corrected chi connectivity index (χ2v) is 3.42. The van der Waals surface area contributed by atoms with Crippen LogP contribution in [-0.2, 0) is 6.54 Å². The van der Waals surface area contributed by atoms with Crippen LogP contribution < -0.4 is 11.1 Å². The maximum absolute atomic E-state index is 13.4. The van der Waals surface area contributed by atoms with Crippen molar-refractivity contribution >= 4 is 5.91 Å². The summed E-state index contributed by atoms with van der Waals surface area (Å²) in [5, 5.41) is 11.5. The number of amides is 1. The number of primary amides is 1. The Labute approximate surface area is 93.3 Å². The first-order chi connectivity index (χ1) is 7.65. The van der Waals surface area contributed by atoms with E-state index in [2.05, 4.69) is 5.32 Å². The molecule has 0 atom stereocenters. The zero-order valence-electron chi connectivity index (χ0n) is 8.87. The Morgan fingerprint density at radius 3 is 2.81 bits per heavy atom. The third-order valence-corrected chi connectivity index (χ3v) is 2.16. The van der Waals surface area contributed by atoms with Crippen molar-refractivity contribution in [2.45, 2.75) is 13.0 Å². The van der Waals surface area contributed by atoms with Gasteiger partial charge < -0.3 is 16.2 Å². The lowest BCUT2D eigenvalue weighted by Crippen LogP contribution is -2.17. The number of nitrogens with two attached hydrogens (primary N) is 1. The van der Waals surface area contributed by atoms with E-state index in [1.54, 1.807) is 0 Å². The Bertz CT molecular complexity index is 369. The highest BCUT2D eigenvalue weighted by molar-refractivity contribution is 5.92. The van der Waals surface area contributed by atoms with Crippen LogP contribution in [0, 0.1) is 5.82 Å². The molecule has 0 bridgehead atoms. The fourth-order valence-corrected chi connectivity index (χ4v) is 1.27. The van der Waals surface area contributed by atoms with Crippen molar-refractivity contribution in [3.63, 3.8) is 0 Å². The van der Waals surface area contributed by atoms with E-state index in [4.69, 9.17) is 10.8 Å². The number of hydrogen-bond donors (Lipinski definition) is 3. The minimum Gasteiger partial charge on any atom is -0.396 e. The fourth-order valence-electron chi connectivity index (χ4n) is 1.27. The molecular weight excluding hydrogens is 211 g/mol. The molecule has 0 unspecified atom stereocenters. The molecule has 0 aliphatic carbocycles. The maximum atomic E-state index is 13.4.